The first-order chi connectivity index (χ1) is 11.6. The second kappa shape index (κ2) is 9.56. The van der Waals surface area contributed by atoms with Crippen molar-refractivity contribution in [1.82, 2.24) is 10.7 Å². The summed E-state index contributed by atoms with van der Waals surface area (Å²) < 4.78 is 5.35. The number of ether oxygens (including phenoxy) is 1. The van der Waals surface area contributed by atoms with E-state index in [1.165, 1.54) is 0 Å². The second-order valence-corrected chi connectivity index (χ2v) is 6.46. The summed E-state index contributed by atoms with van der Waals surface area (Å²) in [6.07, 6.45) is 1.05. The zero-order valence-electron chi connectivity index (χ0n) is 14.4. The summed E-state index contributed by atoms with van der Waals surface area (Å²) in [5.41, 5.74) is 5.31. The van der Waals surface area contributed by atoms with E-state index in [4.69, 9.17) is 17.0 Å². The van der Waals surface area contributed by atoms with Gasteiger partial charge in [0.05, 0.1) is 25.5 Å². The van der Waals surface area contributed by atoms with Gasteiger partial charge < -0.3 is 20.1 Å². The Kier molecular flexibility index (Phi) is 7.42. The Morgan fingerprint density at radius 3 is 2.88 bits per heavy atom. The summed E-state index contributed by atoms with van der Waals surface area (Å²) in [7, 11) is 0. The van der Waals surface area contributed by atoms with Crippen molar-refractivity contribution in [2.45, 2.75) is 20.3 Å². The first kappa shape index (κ1) is 18.6. The van der Waals surface area contributed by atoms with Gasteiger partial charge in [-0.05, 0) is 38.2 Å². The molecule has 1 aromatic carbocycles. The SMILES string of the molecule is C/C(=N\NC(=S)NCCC[NH+]1CCOCC1)c1cc(C)ccc1O. The molecule has 0 unspecified atom stereocenters. The van der Waals surface area contributed by atoms with Crippen LogP contribution in [0.25, 0.3) is 0 Å². The van der Waals surface area contributed by atoms with Gasteiger partial charge in [-0.2, -0.15) is 5.10 Å². The Morgan fingerprint density at radius 2 is 2.12 bits per heavy atom. The fraction of sp³-hybridized carbons (Fsp3) is 0.529. The number of benzene rings is 1. The third-order valence-corrected chi connectivity index (χ3v) is 4.30. The molecule has 0 aliphatic carbocycles. The second-order valence-electron chi connectivity index (χ2n) is 6.05. The molecule has 1 saturated heterocycles. The van der Waals surface area contributed by atoms with E-state index in [2.05, 4.69) is 15.8 Å². The van der Waals surface area contributed by atoms with Crippen LogP contribution in [-0.4, -0.2) is 55.3 Å². The number of rotatable bonds is 6. The molecule has 7 heteroatoms. The fourth-order valence-corrected chi connectivity index (χ4v) is 2.77. The highest BCUT2D eigenvalue weighted by Gasteiger charge is 2.12. The molecule has 0 atom stereocenters. The lowest BCUT2D eigenvalue weighted by atomic mass is 10.1. The number of hydrogen-bond acceptors (Lipinski definition) is 4. The predicted octanol–water partition coefficient (Wildman–Crippen LogP) is 0.194. The minimum Gasteiger partial charge on any atom is -0.507 e. The van der Waals surface area contributed by atoms with Crippen molar-refractivity contribution in [2.75, 3.05) is 39.4 Å². The van der Waals surface area contributed by atoms with Crippen molar-refractivity contribution in [3.63, 3.8) is 0 Å². The monoisotopic (exact) mass is 351 g/mol. The molecule has 2 rings (SSSR count). The Labute approximate surface area is 148 Å². The number of aryl methyl sites for hydroxylation is 1. The van der Waals surface area contributed by atoms with Crippen LogP contribution in [0.1, 0.15) is 24.5 Å². The van der Waals surface area contributed by atoms with Gasteiger partial charge in [0.25, 0.3) is 0 Å². The highest BCUT2D eigenvalue weighted by Crippen LogP contribution is 2.18. The maximum absolute atomic E-state index is 9.90. The van der Waals surface area contributed by atoms with Crippen LogP contribution >= 0.6 is 12.2 Å². The van der Waals surface area contributed by atoms with E-state index in [1.807, 2.05) is 26.0 Å². The number of phenolic OH excluding ortho intramolecular Hbond substituents is 1. The van der Waals surface area contributed by atoms with Crippen LogP contribution in [0.4, 0.5) is 0 Å². The van der Waals surface area contributed by atoms with Gasteiger partial charge in [0.2, 0.25) is 0 Å². The molecular weight excluding hydrogens is 324 g/mol. The van der Waals surface area contributed by atoms with Crippen molar-refractivity contribution >= 4 is 23.0 Å². The van der Waals surface area contributed by atoms with Crippen molar-refractivity contribution in [3.05, 3.63) is 29.3 Å². The van der Waals surface area contributed by atoms with Gasteiger partial charge in [-0.15, -0.1) is 0 Å². The number of thiocarbonyl (C=S) groups is 1. The number of morpholine rings is 1. The molecule has 1 fully saturated rings. The molecule has 0 spiro atoms. The van der Waals surface area contributed by atoms with Gasteiger partial charge in [0.1, 0.15) is 18.8 Å². The molecular formula is C17H27N4O2S+. The molecule has 0 amide bonds. The van der Waals surface area contributed by atoms with Crippen molar-refractivity contribution in [3.8, 4) is 5.75 Å². The number of aromatic hydroxyl groups is 1. The molecule has 132 valence electrons. The molecule has 6 nitrogen and oxygen atoms in total. The lowest BCUT2D eigenvalue weighted by Crippen LogP contribution is -3.14. The van der Waals surface area contributed by atoms with Gasteiger partial charge in [0, 0.05) is 18.5 Å². The number of phenols is 1. The highest BCUT2D eigenvalue weighted by molar-refractivity contribution is 7.80. The minimum atomic E-state index is 0.219. The summed E-state index contributed by atoms with van der Waals surface area (Å²) in [5, 5.41) is 17.8. The normalized spacial score (nSPS) is 16.0. The molecule has 0 radical (unpaired) electrons. The Morgan fingerprint density at radius 1 is 1.38 bits per heavy atom. The zero-order valence-corrected chi connectivity index (χ0v) is 15.2. The van der Waals surface area contributed by atoms with Crippen LogP contribution in [0.5, 0.6) is 5.75 Å². The number of nitrogens with one attached hydrogen (secondary N) is 3. The summed E-state index contributed by atoms with van der Waals surface area (Å²) in [6, 6.07) is 5.44. The maximum Gasteiger partial charge on any atom is 0.186 e. The molecule has 1 aliphatic rings. The molecule has 0 bridgehead atoms. The summed E-state index contributed by atoms with van der Waals surface area (Å²) >= 11 is 5.23. The van der Waals surface area contributed by atoms with E-state index in [-0.39, 0.29) is 5.75 Å². The predicted molar refractivity (Wildman–Crippen MR) is 99.8 cm³/mol. The quantitative estimate of drug-likeness (QED) is 0.255. The van der Waals surface area contributed by atoms with Crippen LogP contribution in [0.15, 0.2) is 23.3 Å². The van der Waals surface area contributed by atoms with Crippen molar-refractivity contribution < 1.29 is 14.7 Å². The van der Waals surface area contributed by atoms with E-state index in [1.54, 1.807) is 11.0 Å². The number of hydrazone groups is 1. The highest BCUT2D eigenvalue weighted by atomic mass is 32.1. The van der Waals surface area contributed by atoms with Gasteiger partial charge in [-0.25, -0.2) is 0 Å². The maximum atomic E-state index is 9.90. The van der Waals surface area contributed by atoms with Crippen LogP contribution in [0, 0.1) is 6.92 Å². The van der Waals surface area contributed by atoms with Gasteiger partial charge in [0.15, 0.2) is 5.11 Å². The van der Waals surface area contributed by atoms with Gasteiger partial charge in [-0.3, -0.25) is 5.43 Å². The van der Waals surface area contributed by atoms with Crippen LogP contribution in [-0.2, 0) is 4.74 Å². The molecule has 0 aromatic heterocycles. The van der Waals surface area contributed by atoms with Crippen molar-refractivity contribution in [2.24, 2.45) is 5.10 Å². The minimum absolute atomic E-state index is 0.219. The Bertz CT molecular complexity index is 586. The third kappa shape index (κ3) is 6.07. The largest absolute Gasteiger partial charge is 0.507 e. The molecule has 1 aliphatic heterocycles. The van der Waals surface area contributed by atoms with E-state index in [0.717, 1.165) is 51.4 Å². The number of quaternary nitrogens is 1. The van der Waals surface area contributed by atoms with E-state index < -0.39 is 0 Å². The summed E-state index contributed by atoms with van der Waals surface area (Å²) in [5.74, 6) is 0.219. The lowest BCUT2D eigenvalue weighted by Gasteiger charge is -2.23. The molecule has 24 heavy (non-hydrogen) atoms. The number of nitrogens with zero attached hydrogens (tertiary/aromatic N) is 1. The van der Waals surface area contributed by atoms with Crippen LogP contribution < -0.4 is 15.6 Å². The Hall–Kier alpha value is -1.70. The van der Waals surface area contributed by atoms with Crippen LogP contribution in [0.2, 0.25) is 0 Å². The standard InChI is InChI=1S/C17H26N4O2S/c1-13-4-5-16(22)15(12-13)14(2)19-20-17(24)18-6-3-7-21-8-10-23-11-9-21/h4-5,12,22H,3,6-11H2,1-2H3,(H2,18,20,24)/p+1/b19-14+. The molecule has 1 heterocycles. The molecule has 0 saturated carbocycles. The topological polar surface area (TPSA) is 70.3 Å². The summed E-state index contributed by atoms with van der Waals surface area (Å²) in [4.78, 5) is 1.59. The van der Waals surface area contributed by atoms with E-state index >= 15 is 0 Å². The molecule has 4 N–H and O–H groups in total. The van der Waals surface area contributed by atoms with Crippen molar-refractivity contribution in [1.29, 1.82) is 0 Å². The number of hydrogen-bond donors (Lipinski definition) is 4. The van der Waals surface area contributed by atoms with Gasteiger partial charge >= 0.3 is 0 Å². The summed E-state index contributed by atoms with van der Waals surface area (Å²) in [6.45, 7) is 9.67. The van der Waals surface area contributed by atoms with Crippen LogP contribution in [0.3, 0.4) is 0 Å². The lowest BCUT2D eigenvalue weighted by molar-refractivity contribution is -0.908. The average Bonchev–Trinajstić information content (AvgIpc) is 2.59. The first-order valence-electron chi connectivity index (χ1n) is 8.35. The fourth-order valence-electron chi connectivity index (χ4n) is 2.62. The third-order valence-electron chi connectivity index (χ3n) is 4.06. The zero-order chi connectivity index (χ0) is 17.4. The molecule has 1 aromatic rings. The smallest absolute Gasteiger partial charge is 0.186 e. The first-order valence-corrected chi connectivity index (χ1v) is 8.76. The Balaban J connectivity index is 1.70. The average molecular weight is 351 g/mol. The van der Waals surface area contributed by atoms with Gasteiger partial charge in [-0.1, -0.05) is 11.6 Å². The van der Waals surface area contributed by atoms with E-state index in [9.17, 15) is 5.11 Å². The van der Waals surface area contributed by atoms with E-state index in [0.29, 0.717) is 16.4 Å².